The van der Waals surface area contributed by atoms with E-state index in [0.717, 1.165) is 11.8 Å². The largest absolute Gasteiger partial charge is 0.317 e. The first-order chi connectivity index (χ1) is 9.22. The number of piperidine rings is 1. The Labute approximate surface area is 124 Å². The summed E-state index contributed by atoms with van der Waals surface area (Å²) in [5.74, 6) is 1.60. The maximum atomic E-state index is 3.78. The minimum absolute atomic E-state index is 0.729. The normalized spacial score (nSPS) is 22.4. The van der Waals surface area contributed by atoms with E-state index in [9.17, 15) is 0 Å². The van der Waals surface area contributed by atoms with Gasteiger partial charge in [-0.1, -0.05) is 28.1 Å². The highest BCUT2D eigenvalue weighted by molar-refractivity contribution is 9.10. The van der Waals surface area contributed by atoms with Crippen LogP contribution in [0, 0.1) is 5.92 Å². The standard InChI is InChI=1S/C16H23BrN2/c1-19-10-14(11-19)15-3-2-13(9-16(15)17)8-12-4-6-18-7-5-12/h2-3,9,12,14,18H,4-8,10-11H2,1H3. The van der Waals surface area contributed by atoms with Crippen molar-refractivity contribution in [3.63, 3.8) is 0 Å². The van der Waals surface area contributed by atoms with Gasteiger partial charge in [-0.25, -0.2) is 0 Å². The van der Waals surface area contributed by atoms with Crippen LogP contribution in [0.4, 0.5) is 0 Å². The van der Waals surface area contributed by atoms with Gasteiger partial charge >= 0.3 is 0 Å². The Morgan fingerprint density at radius 3 is 2.63 bits per heavy atom. The number of rotatable bonds is 3. The number of hydrogen-bond acceptors (Lipinski definition) is 2. The van der Waals surface area contributed by atoms with E-state index in [1.54, 1.807) is 0 Å². The van der Waals surface area contributed by atoms with Crippen molar-refractivity contribution in [2.24, 2.45) is 5.92 Å². The number of nitrogens with zero attached hydrogens (tertiary/aromatic N) is 1. The fourth-order valence-corrected chi connectivity index (χ4v) is 4.09. The molecule has 1 aromatic rings. The molecule has 2 aliphatic rings. The predicted octanol–water partition coefficient (Wildman–Crippen LogP) is 3.02. The van der Waals surface area contributed by atoms with Crippen LogP contribution in [0.2, 0.25) is 0 Å². The number of likely N-dealkylation sites (N-methyl/N-ethyl adjacent to an activating group) is 1. The molecule has 3 heteroatoms. The Kier molecular flexibility index (Phi) is 4.25. The lowest BCUT2D eigenvalue weighted by Gasteiger charge is -2.37. The van der Waals surface area contributed by atoms with Crippen LogP contribution in [0.25, 0.3) is 0 Å². The van der Waals surface area contributed by atoms with Gasteiger partial charge in [0.05, 0.1) is 0 Å². The molecule has 104 valence electrons. The van der Waals surface area contributed by atoms with Gasteiger partial charge in [0, 0.05) is 23.5 Å². The van der Waals surface area contributed by atoms with Crippen LogP contribution in [0.1, 0.15) is 29.9 Å². The molecule has 0 unspecified atom stereocenters. The Morgan fingerprint density at radius 1 is 1.26 bits per heavy atom. The molecule has 1 aromatic carbocycles. The number of benzene rings is 1. The molecule has 0 saturated carbocycles. The Morgan fingerprint density at radius 2 is 2.00 bits per heavy atom. The van der Waals surface area contributed by atoms with E-state index in [1.807, 2.05) is 0 Å². The number of halogens is 1. The van der Waals surface area contributed by atoms with Gasteiger partial charge < -0.3 is 10.2 Å². The monoisotopic (exact) mass is 322 g/mol. The summed E-state index contributed by atoms with van der Waals surface area (Å²) in [4.78, 5) is 2.38. The molecule has 2 nitrogen and oxygen atoms in total. The zero-order valence-corrected chi connectivity index (χ0v) is 13.2. The molecule has 0 aliphatic carbocycles. The molecule has 2 saturated heterocycles. The van der Waals surface area contributed by atoms with Crippen molar-refractivity contribution >= 4 is 15.9 Å². The zero-order valence-electron chi connectivity index (χ0n) is 11.7. The fourth-order valence-electron chi connectivity index (χ4n) is 3.34. The van der Waals surface area contributed by atoms with Gasteiger partial charge in [-0.05, 0) is 62.5 Å². The third-order valence-corrected chi connectivity index (χ3v) is 5.24. The van der Waals surface area contributed by atoms with Gasteiger partial charge in [0.1, 0.15) is 0 Å². The van der Waals surface area contributed by atoms with Crippen molar-refractivity contribution in [1.29, 1.82) is 0 Å². The van der Waals surface area contributed by atoms with Gasteiger partial charge in [-0.15, -0.1) is 0 Å². The van der Waals surface area contributed by atoms with Crippen molar-refractivity contribution in [2.45, 2.75) is 25.2 Å². The molecule has 3 rings (SSSR count). The third-order valence-electron chi connectivity index (χ3n) is 4.55. The highest BCUT2D eigenvalue weighted by Gasteiger charge is 2.26. The van der Waals surface area contributed by atoms with Crippen LogP contribution >= 0.6 is 15.9 Å². The number of likely N-dealkylation sites (tertiary alicyclic amines) is 1. The summed E-state index contributed by atoms with van der Waals surface area (Å²) in [6.07, 6.45) is 3.89. The molecular formula is C16H23BrN2. The predicted molar refractivity (Wildman–Crippen MR) is 83.7 cm³/mol. The molecule has 2 heterocycles. The lowest BCUT2D eigenvalue weighted by atomic mass is 9.88. The summed E-state index contributed by atoms with van der Waals surface area (Å²) < 4.78 is 1.32. The first-order valence-electron chi connectivity index (χ1n) is 7.40. The molecule has 0 radical (unpaired) electrons. The molecule has 2 fully saturated rings. The van der Waals surface area contributed by atoms with Gasteiger partial charge in [0.15, 0.2) is 0 Å². The van der Waals surface area contributed by atoms with Crippen LogP contribution in [0.5, 0.6) is 0 Å². The van der Waals surface area contributed by atoms with E-state index in [1.165, 1.54) is 61.0 Å². The summed E-state index contributed by atoms with van der Waals surface area (Å²) in [5.41, 5.74) is 2.99. The van der Waals surface area contributed by atoms with Crippen LogP contribution < -0.4 is 5.32 Å². The first kappa shape index (κ1) is 13.6. The third kappa shape index (κ3) is 3.21. The maximum absolute atomic E-state index is 3.78. The molecule has 0 bridgehead atoms. The quantitative estimate of drug-likeness (QED) is 0.920. The number of nitrogens with one attached hydrogen (secondary N) is 1. The second kappa shape index (κ2) is 5.94. The number of hydrogen-bond donors (Lipinski definition) is 1. The maximum Gasteiger partial charge on any atom is 0.0213 e. The summed E-state index contributed by atoms with van der Waals surface area (Å²) in [5, 5.41) is 3.44. The SMILES string of the molecule is CN1CC(c2ccc(CC3CCNCC3)cc2Br)C1. The van der Waals surface area contributed by atoms with Crippen molar-refractivity contribution in [1.82, 2.24) is 10.2 Å². The van der Waals surface area contributed by atoms with Crippen molar-refractivity contribution in [3.8, 4) is 0 Å². The van der Waals surface area contributed by atoms with E-state index < -0.39 is 0 Å². The Hall–Kier alpha value is -0.380. The summed E-state index contributed by atoms with van der Waals surface area (Å²) in [6.45, 7) is 4.79. The Balaban J connectivity index is 1.65. The smallest absolute Gasteiger partial charge is 0.0213 e. The minimum Gasteiger partial charge on any atom is -0.317 e. The molecular weight excluding hydrogens is 300 g/mol. The fraction of sp³-hybridized carbons (Fsp3) is 0.625. The second-order valence-electron chi connectivity index (χ2n) is 6.17. The highest BCUT2D eigenvalue weighted by atomic mass is 79.9. The molecule has 0 amide bonds. The van der Waals surface area contributed by atoms with Crippen molar-refractivity contribution in [3.05, 3.63) is 33.8 Å². The molecule has 1 N–H and O–H groups in total. The van der Waals surface area contributed by atoms with Crippen LogP contribution in [-0.4, -0.2) is 38.1 Å². The molecule has 0 aromatic heterocycles. The summed E-state index contributed by atoms with van der Waals surface area (Å²) in [6, 6.07) is 7.05. The average molecular weight is 323 g/mol. The molecule has 0 atom stereocenters. The van der Waals surface area contributed by atoms with E-state index in [-0.39, 0.29) is 0 Å². The van der Waals surface area contributed by atoms with Crippen molar-refractivity contribution < 1.29 is 0 Å². The summed E-state index contributed by atoms with van der Waals surface area (Å²) in [7, 11) is 2.19. The lowest BCUT2D eigenvalue weighted by molar-refractivity contribution is 0.189. The molecule has 19 heavy (non-hydrogen) atoms. The van der Waals surface area contributed by atoms with Crippen LogP contribution in [0.3, 0.4) is 0 Å². The molecule has 2 aliphatic heterocycles. The van der Waals surface area contributed by atoms with Gasteiger partial charge in [-0.2, -0.15) is 0 Å². The van der Waals surface area contributed by atoms with E-state index >= 15 is 0 Å². The van der Waals surface area contributed by atoms with Gasteiger partial charge in [0.2, 0.25) is 0 Å². The minimum atomic E-state index is 0.729. The topological polar surface area (TPSA) is 15.3 Å². The second-order valence-corrected chi connectivity index (χ2v) is 7.03. The van der Waals surface area contributed by atoms with E-state index in [0.29, 0.717) is 0 Å². The average Bonchev–Trinajstić information content (AvgIpc) is 2.37. The first-order valence-corrected chi connectivity index (χ1v) is 8.19. The Bertz CT molecular complexity index is 434. The summed E-state index contributed by atoms with van der Waals surface area (Å²) >= 11 is 3.78. The van der Waals surface area contributed by atoms with Gasteiger partial charge in [-0.3, -0.25) is 0 Å². The lowest BCUT2D eigenvalue weighted by Crippen LogP contribution is -2.41. The zero-order chi connectivity index (χ0) is 13.2. The van der Waals surface area contributed by atoms with E-state index in [4.69, 9.17) is 0 Å². The highest BCUT2D eigenvalue weighted by Crippen LogP contribution is 2.32. The van der Waals surface area contributed by atoms with Crippen LogP contribution in [0.15, 0.2) is 22.7 Å². The van der Waals surface area contributed by atoms with E-state index in [2.05, 4.69) is 51.4 Å². The van der Waals surface area contributed by atoms with Crippen molar-refractivity contribution in [2.75, 3.05) is 33.2 Å². The van der Waals surface area contributed by atoms with Gasteiger partial charge in [0.25, 0.3) is 0 Å². The molecule has 0 spiro atoms. The van der Waals surface area contributed by atoms with Crippen LogP contribution in [-0.2, 0) is 6.42 Å².